The van der Waals surface area contributed by atoms with E-state index in [-0.39, 0.29) is 23.2 Å². The summed E-state index contributed by atoms with van der Waals surface area (Å²) in [6.07, 6.45) is 2.58. The van der Waals surface area contributed by atoms with Crippen molar-refractivity contribution in [1.29, 1.82) is 0 Å². The van der Waals surface area contributed by atoms with Crippen LogP contribution in [0.15, 0.2) is 29.2 Å². The number of thioether (sulfide) groups is 1. The molecule has 2 rings (SSSR count). The molecule has 0 unspecified atom stereocenters. The van der Waals surface area contributed by atoms with Crippen LogP contribution >= 0.6 is 24.0 Å². The highest BCUT2D eigenvalue weighted by Crippen LogP contribution is 2.32. The van der Waals surface area contributed by atoms with Crippen LogP contribution in [-0.4, -0.2) is 33.1 Å². The molecule has 0 spiro atoms. The van der Waals surface area contributed by atoms with Gasteiger partial charge in [-0.15, -0.1) is 0 Å². The maximum Gasteiger partial charge on any atom is 0.266 e. The van der Waals surface area contributed by atoms with E-state index in [1.165, 1.54) is 28.8 Å². The van der Waals surface area contributed by atoms with Crippen molar-refractivity contribution in [3.8, 4) is 0 Å². The minimum absolute atomic E-state index is 0.0419. The highest BCUT2D eigenvalue weighted by Gasteiger charge is 2.31. The van der Waals surface area contributed by atoms with E-state index in [4.69, 9.17) is 12.2 Å². The number of carbonyl (C=O) groups is 2. The number of carbonyl (C=O) groups excluding carboxylic acids is 2. The van der Waals surface area contributed by atoms with E-state index in [9.17, 15) is 14.0 Å². The number of hydrogen-bond donors (Lipinski definition) is 1. The summed E-state index contributed by atoms with van der Waals surface area (Å²) < 4.78 is 13.4. The fourth-order valence-electron chi connectivity index (χ4n) is 2.28. The molecule has 1 N–H and O–H groups in total. The first-order chi connectivity index (χ1) is 11.7. The van der Waals surface area contributed by atoms with Crippen molar-refractivity contribution < 1.29 is 14.0 Å². The van der Waals surface area contributed by atoms with Gasteiger partial charge in [-0.2, -0.15) is 0 Å². The van der Waals surface area contributed by atoms with Crippen LogP contribution in [0, 0.1) is 5.82 Å². The predicted octanol–water partition coefficient (Wildman–Crippen LogP) is 3.72. The second-order valence-corrected chi connectivity index (χ2v) is 8.46. The maximum absolute atomic E-state index is 13.0. The molecule has 2 amide bonds. The number of benzene rings is 1. The largest absolute Gasteiger partial charge is 0.352 e. The quantitative estimate of drug-likeness (QED) is 0.625. The van der Waals surface area contributed by atoms with Gasteiger partial charge in [0.1, 0.15) is 10.1 Å². The zero-order chi connectivity index (χ0) is 18.6. The first-order valence-electron chi connectivity index (χ1n) is 7.98. The van der Waals surface area contributed by atoms with Crippen LogP contribution in [0.3, 0.4) is 0 Å². The lowest BCUT2D eigenvalue weighted by Gasteiger charge is -2.21. The summed E-state index contributed by atoms with van der Waals surface area (Å²) in [5.74, 6) is -0.534. The Morgan fingerprint density at radius 3 is 2.56 bits per heavy atom. The SMILES string of the molecule is CC(C)(C)NC(=O)CCCN1C(=O)C(=Cc2ccc(F)cc2)SC1=S. The van der Waals surface area contributed by atoms with Gasteiger partial charge in [0.05, 0.1) is 4.91 Å². The van der Waals surface area contributed by atoms with E-state index in [2.05, 4.69) is 5.32 Å². The number of rotatable bonds is 5. The molecule has 1 aromatic rings. The van der Waals surface area contributed by atoms with Gasteiger partial charge < -0.3 is 5.32 Å². The second kappa shape index (κ2) is 8.10. The van der Waals surface area contributed by atoms with Crippen molar-refractivity contribution in [2.75, 3.05) is 6.54 Å². The molecule has 7 heteroatoms. The van der Waals surface area contributed by atoms with Crippen LogP contribution in [-0.2, 0) is 9.59 Å². The van der Waals surface area contributed by atoms with E-state index < -0.39 is 0 Å². The number of halogens is 1. The lowest BCUT2D eigenvalue weighted by Crippen LogP contribution is -2.40. The zero-order valence-corrected chi connectivity index (χ0v) is 16.1. The highest BCUT2D eigenvalue weighted by molar-refractivity contribution is 8.26. The fraction of sp³-hybridized carbons (Fsp3) is 0.389. The van der Waals surface area contributed by atoms with Crippen LogP contribution in [0.2, 0.25) is 0 Å². The topological polar surface area (TPSA) is 49.4 Å². The second-order valence-electron chi connectivity index (χ2n) is 6.79. The molecule has 25 heavy (non-hydrogen) atoms. The van der Waals surface area contributed by atoms with E-state index >= 15 is 0 Å². The Balaban J connectivity index is 1.93. The summed E-state index contributed by atoms with van der Waals surface area (Å²) in [5, 5.41) is 2.89. The fourth-order valence-corrected chi connectivity index (χ4v) is 3.59. The molecule has 1 aliphatic rings. The third kappa shape index (κ3) is 5.93. The molecular weight excluding hydrogens is 359 g/mol. The van der Waals surface area contributed by atoms with Crippen LogP contribution in [0.4, 0.5) is 4.39 Å². The van der Waals surface area contributed by atoms with E-state index in [0.29, 0.717) is 28.6 Å². The normalized spacial score (nSPS) is 16.6. The van der Waals surface area contributed by atoms with Gasteiger partial charge in [0.15, 0.2) is 0 Å². The van der Waals surface area contributed by atoms with Gasteiger partial charge in [0.25, 0.3) is 5.91 Å². The molecule has 134 valence electrons. The molecule has 1 aromatic carbocycles. The maximum atomic E-state index is 13.0. The minimum atomic E-state index is -0.321. The van der Waals surface area contributed by atoms with Crippen LogP contribution in [0.5, 0.6) is 0 Å². The van der Waals surface area contributed by atoms with Crippen molar-refractivity contribution in [2.24, 2.45) is 0 Å². The van der Waals surface area contributed by atoms with Gasteiger partial charge in [-0.3, -0.25) is 14.5 Å². The average molecular weight is 381 g/mol. The van der Waals surface area contributed by atoms with Crippen molar-refractivity contribution >= 4 is 46.2 Å². The van der Waals surface area contributed by atoms with Crippen molar-refractivity contribution in [3.63, 3.8) is 0 Å². The van der Waals surface area contributed by atoms with Gasteiger partial charge in [-0.05, 0) is 51.0 Å². The summed E-state index contributed by atoms with van der Waals surface area (Å²) in [4.78, 5) is 26.3. The van der Waals surface area contributed by atoms with Gasteiger partial charge in [-0.25, -0.2) is 4.39 Å². The van der Waals surface area contributed by atoms with Crippen molar-refractivity contribution in [3.05, 3.63) is 40.6 Å². The van der Waals surface area contributed by atoms with Gasteiger partial charge in [-0.1, -0.05) is 36.1 Å². The number of nitrogens with one attached hydrogen (secondary N) is 1. The van der Waals surface area contributed by atoms with Gasteiger partial charge in [0.2, 0.25) is 5.91 Å². The average Bonchev–Trinajstić information content (AvgIpc) is 2.75. The lowest BCUT2D eigenvalue weighted by molar-refractivity contribution is -0.124. The Hall–Kier alpha value is -1.73. The summed E-state index contributed by atoms with van der Waals surface area (Å²) in [5.41, 5.74) is 0.475. The third-order valence-corrected chi connectivity index (χ3v) is 4.72. The summed E-state index contributed by atoms with van der Waals surface area (Å²) >= 11 is 6.49. The molecule has 1 aliphatic heterocycles. The standard InChI is InChI=1S/C18H21FN2O2S2/c1-18(2,3)20-15(22)5-4-10-21-16(23)14(25-17(21)24)11-12-6-8-13(19)9-7-12/h6-9,11H,4-5,10H2,1-3H3,(H,20,22). The minimum Gasteiger partial charge on any atom is -0.352 e. The first kappa shape index (κ1) is 19.6. The molecule has 0 radical (unpaired) electrons. The molecule has 0 saturated carbocycles. The summed E-state index contributed by atoms with van der Waals surface area (Å²) in [6, 6.07) is 5.91. The molecule has 4 nitrogen and oxygen atoms in total. The van der Waals surface area contributed by atoms with E-state index in [0.717, 1.165) is 5.56 Å². The molecule has 0 bridgehead atoms. The smallest absolute Gasteiger partial charge is 0.266 e. The van der Waals surface area contributed by atoms with E-state index in [1.807, 2.05) is 20.8 Å². The Labute approximate surface area is 156 Å². The Morgan fingerprint density at radius 1 is 1.32 bits per heavy atom. The number of hydrogen-bond acceptors (Lipinski definition) is 4. The molecule has 1 fully saturated rings. The number of thiocarbonyl (C=S) groups is 1. The van der Waals surface area contributed by atoms with Crippen molar-refractivity contribution in [1.82, 2.24) is 10.2 Å². The highest BCUT2D eigenvalue weighted by atomic mass is 32.2. The van der Waals surface area contributed by atoms with E-state index in [1.54, 1.807) is 18.2 Å². The molecule has 0 aromatic heterocycles. The Bertz CT molecular complexity index is 709. The molecule has 0 aliphatic carbocycles. The monoisotopic (exact) mass is 380 g/mol. The zero-order valence-electron chi connectivity index (χ0n) is 14.5. The Kier molecular flexibility index (Phi) is 6.35. The predicted molar refractivity (Wildman–Crippen MR) is 103 cm³/mol. The van der Waals surface area contributed by atoms with Crippen molar-refractivity contribution in [2.45, 2.75) is 39.2 Å². The molecule has 1 heterocycles. The molecule has 1 saturated heterocycles. The third-order valence-electron chi connectivity index (χ3n) is 3.34. The van der Waals surface area contributed by atoms with Gasteiger partial charge in [0, 0.05) is 18.5 Å². The summed E-state index contributed by atoms with van der Waals surface area (Å²) in [6.45, 7) is 6.18. The number of amides is 2. The van der Waals surface area contributed by atoms with Gasteiger partial charge >= 0.3 is 0 Å². The van der Waals surface area contributed by atoms with Crippen LogP contribution in [0.25, 0.3) is 6.08 Å². The Morgan fingerprint density at radius 2 is 1.96 bits per heavy atom. The molecular formula is C18H21FN2O2S2. The lowest BCUT2D eigenvalue weighted by atomic mass is 10.1. The summed E-state index contributed by atoms with van der Waals surface area (Å²) in [7, 11) is 0. The van der Waals surface area contributed by atoms with Crippen LogP contribution < -0.4 is 5.32 Å². The van der Waals surface area contributed by atoms with Crippen LogP contribution in [0.1, 0.15) is 39.2 Å². The molecule has 0 atom stereocenters. The number of nitrogens with zero attached hydrogens (tertiary/aromatic N) is 1. The first-order valence-corrected chi connectivity index (χ1v) is 9.20.